The molecule has 3 rings (SSSR count). The molecule has 1 aromatic heterocycles. The Hall–Kier alpha value is -2.21. The number of carbonyl (C=O) groups excluding carboxylic acids is 1. The molecule has 1 amide bonds. The molecule has 104 valence electrons. The van der Waals surface area contributed by atoms with Gasteiger partial charge in [-0.1, -0.05) is 17.3 Å². The first-order chi connectivity index (χ1) is 9.83. The van der Waals surface area contributed by atoms with Gasteiger partial charge in [0.2, 0.25) is 5.91 Å². The fourth-order valence-electron chi connectivity index (χ4n) is 2.47. The van der Waals surface area contributed by atoms with Crippen LogP contribution in [0.3, 0.4) is 0 Å². The number of aromatic nitrogens is 3. The maximum Gasteiger partial charge on any atom is 0.225 e. The van der Waals surface area contributed by atoms with Crippen molar-refractivity contribution in [2.24, 2.45) is 0 Å². The van der Waals surface area contributed by atoms with Gasteiger partial charge in [0.15, 0.2) is 0 Å². The van der Waals surface area contributed by atoms with Crippen LogP contribution in [0.2, 0.25) is 0 Å². The number of hydrogen-bond acceptors (Lipinski definition) is 4. The van der Waals surface area contributed by atoms with Crippen LogP contribution < -0.4 is 10.6 Å². The van der Waals surface area contributed by atoms with Gasteiger partial charge in [-0.2, -0.15) is 0 Å². The van der Waals surface area contributed by atoms with Gasteiger partial charge in [0, 0.05) is 12.5 Å². The van der Waals surface area contributed by atoms with Gasteiger partial charge in [-0.3, -0.25) is 4.79 Å². The number of rotatable bonds is 4. The molecule has 1 atom stereocenters. The Morgan fingerprint density at radius 1 is 1.45 bits per heavy atom. The molecule has 2 aromatic rings. The van der Waals surface area contributed by atoms with Gasteiger partial charge in [0.25, 0.3) is 0 Å². The molecule has 1 unspecified atom stereocenters. The van der Waals surface area contributed by atoms with Gasteiger partial charge < -0.3 is 10.6 Å². The molecule has 0 bridgehead atoms. The average molecular weight is 271 g/mol. The minimum absolute atomic E-state index is 0.0250. The Morgan fingerprint density at radius 3 is 3.10 bits per heavy atom. The summed E-state index contributed by atoms with van der Waals surface area (Å²) < 4.78 is 1.64. The molecule has 1 aromatic carbocycles. The van der Waals surface area contributed by atoms with Crippen molar-refractivity contribution in [1.29, 1.82) is 0 Å². The Kier molecular flexibility index (Phi) is 3.73. The van der Waals surface area contributed by atoms with E-state index in [9.17, 15) is 4.79 Å². The van der Waals surface area contributed by atoms with Crippen molar-refractivity contribution in [1.82, 2.24) is 20.3 Å². The third-order valence-corrected chi connectivity index (χ3v) is 3.44. The highest BCUT2D eigenvalue weighted by molar-refractivity contribution is 5.93. The van der Waals surface area contributed by atoms with Crippen LogP contribution in [0.5, 0.6) is 0 Å². The zero-order valence-corrected chi connectivity index (χ0v) is 11.1. The van der Waals surface area contributed by atoms with E-state index in [0.29, 0.717) is 12.5 Å². The number of anilines is 1. The van der Waals surface area contributed by atoms with Crippen molar-refractivity contribution in [2.45, 2.75) is 25.3 Å². The first kappa shape index (κ1) is 12.8. The Balaban J connectivity index is 1.72. The second kappa shape index (κ2) is 5.83. The number of hydrogen-bond donors (Lipinski definition) is 2. The molecule has 1 aliphatic heterocycles. The lowest BCUT2D eigenvalue weighted by Crippen LogP contribution is -2.27. The third kappa shape index (κ3) is 2.85. The van der Waals surface area contributed by atoms with E-state index in [0.717, 1.165) is 30.8 Å². The predicted molar refractivity (Wildman–Crippen MR) is 75.6 cm³/mol. The van der Waals surface area contributed by atoms with Crippen molar-refractivity contribution >= 4 is 11.6 Å². The van der Waals surface area contributed by atoms with Gasteiger partial charge in [-0.15, -0.1) is 5.10 Å². The molecular formula is C14H17N5O. The predicted octanol–water partition coefficient (Wildman–Crippen LogP) is 1.35. The second-order valence-corrected chi connectivity index (χ2v) is 4.91. The lowest BCUT2D eigenvalue weighted by Gasteiger charge is -2.13. The van der Waals surface area contributed by atoms with E-state index in [1.165, 1.54) is 0 Å². The summed E-state index contributed by atoms with van der Waals surface area (Å²) in [6.07, 6.45) is 6.09. The van der Waals surface area contributed by atoms with Gasteiger partial charge in [-0.05, 0) is 31.5 Å². The Labute approximate surface area is 117 Å². The molecular weight excluding hydrogens is 254 g/mol. The fraction of sp³-hybridized carbons (Fsp3) is 0.357. The van der Waals surface area contributed by atoms with E-state index >= 15 is 0 Å². The van der Waals surface area contributed by atoms with Crippen LogP contribution in [0.4, 0.5) is 5.69 Å². The van der Waals surface area contributed by atoms with E-state index in [2.05, 4.69) is 20.9 Å². The summed E-state index contributed by atoms with van der Waals surface area (Å²) in [7, 11) is 0. The van der Waals surface area contributed by atoms with Crippen LogP contribution in [0, 0.1) is 0 Å². The summed E-state index contributed by atoms with van der Waals surface area (Å²) in [4.78, 5) is 12.1. The monoisotopic (exact) mass is 271 g/mol. The molecule has 6 nitrogen and oxygen atoms in total. The molecule has 0 radical (unpaired) electrons. The molecule has 1 aliphatic rings. The summed E-state index contributed by atoms with van der Waals surface area (Å²) in [6.45, 7) is 1.01. The van der Waals surface area contributed by atoms with Gasteiger partial charge >= 0.3 is 0 Å². The van der Waals surface area contributed by atoms with E-state index in [-0.39, 0.29) is 5.91 Å². The maximum absolute atomic E-state index is 12.1. The van der Waals surface area contributed by atoms with Crippen molar-refractivity contribution in [3.63, 3.8) is 0 Å². The van der Waals surface area contributed by atoms with Crippen LogP contribution in [0.25, 0.3) is 5.69 Å². The number of para-hydroxylation sites is 2. The Bertz CT molecular complexity index is 575. The number of nitrogens with one attached hydrogen (secondary N) is 2. The molecule has 0 spiro atoms. The normalized spacial score (nSPS) is 18.1. The average Bonchev–Trinajstić information content (AvgIpc) is 3.11. The van der Waals surface area contributed by atoms with Crippen molar-refractivity contribution in [2.75, 3.05) is 11.9 Å². The van der Waals surface area contributed by atoms with E-state index in [4.69, 9.17) is 0 Å². The van der Waals surface area contributed by atoms with E-state index in [1.807, 2.05) is 24.3 Å². The van der Waals surface area contributed by atoms with E-state index < -0.39 is 0 Å². The number of amides is 1. The first-order valence-corrected chi connectivity index (χ1v) is 6.82. The summed E-state index contributed by atoms with van der Waals surface area (Å²) in [6, 6.07) is 7.87. The standard InChI is InChI=1S/C14H17N5O/c20-14(10-11-4-3-7-15-11)17-12-5-1-2-6-13(12)19-9-8-16-18-19/h1-2,5-6,8-9,11,15H,3-4,7,10H2,(H,17,20). The van der Waals surface area contributed by atoms with Gasteiger partial charge in [-0.25, -0.2) is 4.68 Å². The smallest absolute Gasteiger partial charge is 0.225 e. The van der Waals surface area contributed by atoms with Crippen LogP contribution >= 0.6 is 0 Å². The molecule has 0 aliphatic carbocycles. The van der Waals surface area contributed by atoms with E-state index in [1.54, 1.807) is 17.1 Å². The Morgan fingerprint density at radius 2 is 2.35 bits per heavy atom. The highest BCUT2D eigenvalue weighted by Gasteiger charge is 2.18. The number of nitrogens with zero attached hydrogens (tertiary/aromatic N) is 3. The van der Waals surface area contributed by atoms with Crippen molar-refractivity contribution in [3.05, 3.63) is 36.7 Å². The summed E-state index contributed by atoms with van der Waals surface area (Å²) in [5.74, 6) is 0.0250. The highest BCUT2D eigenvalue weighted by Crippen LogP contribution is 2.19. The highest BCUT2D eigenvalue weighted by atomic mass is 16.1. The number of benzene rings is 1. The SMILES string of the molecule is O=C(CC1CCCN1)Nc1ccccc1-n1ccnn1. The summed E-state index contributed by atoms with van der Waals surface area (Å²) in [5, 5.41) is 14.0. The van der Waals surface area contributed by atoms with Crippen molar-refractivity contribution in [3.8, 4) is 5.69 Å². The molecule has 6 heteroatoms. The first-order valence-electron chi connectivity index (χ1n) is 6.82. The molecule has 1 fully saturated rings. The molecule has 20 heavy (non-hydrogen) atoms. The van der Waals surface area contributed by atoms with Gasteiger partial charge in [0.1, 0.15) is 0 Å². The molecule has 0 saturated carbocycles. The lowest BCUT2D eigenvalue weighted by atomic mass is 10.1. The summed E-state index contributed by atoms with van der Waals surface area (Å²) in [5.41, 5.74) is 1.57. The van der Waals surface area contributed by atoms with Crippen LogP contribution in [-0.4, -0.2) is 33.5 Å². The fourth-order valence-corrected chi connectivity index (χ4v) is 2.47. The molecule has 1 saturated heterocycles. The quantitative estimate of drug-likeness (QED) is 0.880. The topological polar surface area (TPSA) is 71.8 Å². The minimum Gasteiger partial charge on any atom is -0.324 e. The molecule has 2 N–H and O–H groups in total. The minimum atomic E-state index is 0.0250. The summed E-state index contributed by atoms with van der Waals surface area (Å²) >= 11 is 0. The maximum atomic E-state index is 12.1. The van der Waals surface area contributed by atoms with Crippen molar-refractivity contribution < 1.29 is 4.79 Å². The third-order valence-electron chi connectivity index (χ3n) is 3.44. The molecule has 2 heterocycles. The zero-order chi connectivity index (χ0) is 13.8. The second-order valence-electron chi connectivity index (χ2n) is 4.91. The van der Waals surface area contributed by atoms with Gasteiger partial charge in [0.05, 0.1) is 23.8 Å². The zero-order valence-electron chi connectivity index (χ0n) is 11.1. The van der Waals surface area contributed by atoms with Crippen LogP contribution in [-0.2, 0) is 4.79 Å². The van der Waals surface area contributed by atoms with Crippen LogP contribution in [0.15, 0.2) is 36.7 Å². The lowest BCUT2D eigenvalue weighted by molar-refractivity contribution is -0.116. The van der Waals surface area contributed by atoms with Crippen LogP contribution in [0.1, 0.15) is 19.3 Å². The number of carbonyl (C=O) groups is 1. The largest absolute Gasteiger partial charge is 0.324 e.